The first-order valence-corrected chi connectivity index (χ1v) is 7.20. The van der Waals surface area contributed by atoms with Gasteiger partial charge in [-0.25, -0.2) is 9.98 Å². The average molecular weight is 410 g/mol. The van der Waals surface area contributed by atoms with Crippen molar-refractivity contribution < 1.29 is 9.15 Å². The lowest BCUT2D eigenvalue weighted by molar-refractivity contribution is 0.145. The third kappa shape index (κ3) is 8.25. The molecule has 2 N–H and O–H groups in total. The quantitative estimate of drug-likeness (QED) is 0.298. The fraction of sp³-hybridized carbons (Fsp3) is 0.714. The Balaban J connectivity index is 0.00000400. The lowest BCUT2D eigenvalue weighted by Crippen LogP contribution is -2.38. The Morgan fingerprint density at radius 3 is 2.62 bits per heavy atom. The van der Waals surface area contributed by atoms with Gasteiger partial charge in [0.05, 0.1) is 5.69 Å². The van der Waals surface area contributed by atoms with Gasteiger partial charge in [-0.2, -0.15) is 0 Å². The monoisotopic (exact) mass is 410 g/mol. The maximum Gasteiger partial charge on any atom is 0.216 e. The molecule has 0 aliphatic carbocycles. The zero-order valence-corrected chi connectivity index (χ0v) is 15.7. The van der Waals surface area contributed by atoms with E-state index in [1.807, 2.05) is 27.7 Å². The molecule has 0 aliphatic heterocycles. The van der Waals surface area contributed by atoms with Crippen LogP contribution < -0.4 is 10.6 Å². The van der Waals surface area contributed by atoms with Gasteiger partial charge in [-0.1, -0.05) is 0 Å². The molecule has 122 valence electrons. The highest BCUT2D eigenvalue weighted by atomic mass is 127. The SMILES string of the molecule is CCNC(=NCc1nc(C)c(C)o1)NCCCOCC.I. The van der Waals surface area contributed by atoms with E-state index in [4.69, 9.17) is 9.15 Å². The van der Waals surface area contributed by atoms with Crippen LogP contribution in [0.15, 0.2) is 9.41 Å². The molecule has 0 unspecified atom stereocenters. The molecule has 7 heteroatoms. The summed E-state index contributed by atoms with van der Waals surface area (Å²) in [5.41, 5.74) is 0.921. The lowest BCUT2D eigenvalue weighted by Gasteiger charge is -2.10. The summed E-state index contributed by atoms with van der Waals surface area (Å²) in [7, 11) is 0. The highest BCUT2D eigenvalue weighted by Gasteiger charge is 2.05. The van der Waals surface area contributed by atoms with E-state index in [1.165, 1.54) is 0 Å². The molecule has 0 atom stereocenters. The van der Waals surface area contributed by atoms with Crippen molar-refractivity contribution in [2.24, 2.45) is 4.99 Å². The van der Waals surface area contributed by atoms with Crippen molar-refractivity contribution in [1.82, 2.24) is 15.6 Å². The minimum absolute atomic E-state index is 0. The van der Waals surface area contributed by atoms with E-state index < -0.39 is 0 Å². The Morgan fingerprint density at radius 1 is 1.29 bits per heavy atom. The fourth-order valence-electron chi connectivity index (χ4n) is 1.62. The van der Waals surface area contributed by atoms with Gasteiger partial charge in [0, 0.05) is 26.3 Å². The molecule has 1 aromatic heterocycles. The standard InChI is InChI=1S/C14H26N4O2.HI/c1-5-15-14(16-8-7-9-19-6-2)17-10-13-18-11(3)12(4)20-13;/h5-10H2,1-4H3,(H2,15,16,17);1H. The minimum atomic E-state index is 0. The average Bonchev–Trinajstić information content (AvgIpc) is 2.75. The predicted molar refractivity (Wildman–Crippen MR) is 95.3 cm³/mol. The van der Waals surface area contributed by atoms with Crippen molar-refractivity contribution in [2.75, 3.05) is 26.3 Å². The third-order valence-corrected chi connectivity index (χ3v) is 2.75. The number of aryl methyl sites for hydroxylation is 2. The predicted octanol–water partition coefficient (Wildman–Crippen LogP) is 2.39. The molecular formula is C14H27IN4O2. The van der Waals surface area contributed by atoms with Crippen LogP contribution in [-0.4, -0.2) is 37.2 Å². The van der Waals surface area contributed by atoms with Crippen LogP contribution in [0.2, 0.25) is 0 Å². The molecule has 0 aliphatic rings. The highest BCUT2D eigenvalue weighted by Crippen LogP contribution is 2.08. The Morgan fingerprint density at radius 2 is 2.05 bits per heavy atom. The Kier molecular flexibility index (Phi) is 11.3. The first kappa shape index (κ1) is 20.2. The maximum absolute atomic E-state index is 5.51. The summed E-state index contributed by atoms with van der Waals surface area (Å²) in [6.45, 7) is 11.5. The van der Waals surface area contributed by atoms with E-state index in [2.05, 4.69) is 20.6 Å². The number of aromatic nitrogens is 1. The van der Waals surface area contributed by atoms with E-state index >= 15 is 0 Å². The molecule has 0 amide bonds. The largest absolute Gasteiger partial charge is 0.444 e. The summed E-state index contributed by atoms with van der Waals surface area (Å²) >= 11 is 0. The van der Waals surface area contributed by atoms with Crippen molar-refractivity contribution in [1.29, 1.82) is 0 Å². The summed E-state index contributed by atoms with van der Waals surface area (Å²) in [4.78, 5) is 8.77. The van der Waals surface area contributed by atoms with Crippen LogP contribution in [0.1, 0.15) is 37.6 Å². The number of hydrogen-bond acceptors (Lipinski definition) is 4. The zero-order chi connectivity index (χ0) is 14.8. The number of nitrogens with one attached hydrogen (secondary N) is 2. The molecule has 0 saturated carbocycles. The van der Waals surface area contributed by atoms with Crippen LogP contribution >= 0.6 is 24.0 Å². The number of halogens is 1. The second-order valence-electron chi connectivity index (χ2n) is 4.42. The summed E-state index contributed by atoms with van der Waals surface area (Å²) in [6.07, 6.45) is 0.954. The van der Waals surface area contributed by atoms with Gasteiger partial charge in [-0.15, -0.1) is 24.0 Å². The summed E-state index contributed by atoms with van der Waals surface area (Å²) < 4.78 is 10.8. The fourth-order valence-corrected chi connectivity index (χ4v) is 1.62. The van der Waals surface area contributed by atoms with Gasteiger partial charge < -0.3 is 19.8 Å². The van der Waals surface area contributed by atoms with E-state index in [9.17, 15) is 0 Å². The second-order valence-corrected chi connectivity index (χ2v) is 4.42. The molecule has 0 spiro atoms. The number of hydrogen-bond donors (Lipinski definition) is 2. The van der Waals surface area contributed by atoms with Crippen LogP contribution in [-0.2, 0) is 11.3 Å². The number of nitrogens with zero attached hydrogens (tertiary/aromatic N) is 2. The van der Waals surface area contributed by atoms with Crippen molar-refractivity contribution in [3.05, 3.63) is 17.3 Å². The van der Waals surface area contributed by atoms with E-state index in [1.54, 1.807) is 0 Å². The lowest BCUT2D eigenvalue weighted by atomic mass is 10.4. The van der Waals surface area contributed by atoms with Gasteiger partial charge in [0.15, 0.2) is 5.96 Å². The molecule has 0 aromatic carbocycles. The topological polar surface area (TPSA) is 71.7 Å². The van der Waals surface area contributed by atoms with Crippen LogP contribution in [0.4, 0.5) is 0 Å². The Bertz CT molecular complexity index is 402. The number of rotatable bonds is 8. The van der Waals surface area contributed by atoms with Crippen molar-refractivity contribution >= 4 is 29.9 Å². The van der Waals surface area contributed by atoms with Gasteiger partial charge in [0.1, 0.15) is 12.3 Å². The van der Waals surface area contributed by atoms with Gasteiger partial charge in [0.2, 0.25) is 5.89 Å². The zero-order valence-electron chi connectivity index (χ0n) is 13.4. The summed E-state index contributed by atoms with van der Waals surface area (Å²) in [5, 5.41) is 6.45. The first-order valence-electron chi connectivity index (χ1n) is 7.20. The molecule has 0 radical (unpaired) electrons. The van der Waals surface area contributed by atoms with Crippen molar-refractivity contribution in [2.45, 2.75) is 40.7 Å². The van der Waals surface area contributed by atoms with Gasteiger partial charge in [0.25, 0.3) is 0 Å². The first-order chi connectivity index (χ1) is 9.67. The molecule has 0 bridgehead atoms. The molecule has 0 fully saturated rings. The molecule has 6 nitrogen and oxygen atoms in total. The summed E-state index contributed by atoms with van der Waals surface area (Å²) in [5.74, 6) is 2.27. The molecule has 1 heterocycles. The van der Waals surface area contributed by atoms with E-state index in [0.29, 0.717) is 12.4 Å². The van der Waals surface area contributed by atoms with Crippen LogP contribution in [0, 0.1) is 13.8 Å². The normalized spacial score (nSPS) is 11.1. The minimum Gasteiger partial charge on any atom is -0.444 e. The molecule has 1 rings (SSSR count). The molecule has 1 aromatic rings. The smallest absolute Gasteiger partial charge is 0.216 e. The molecule has 21 heavy (non-hydrogen) atoms. The Labute approximate surface area is 144 Å². The van der Waals surface area contributed by atoms with E-state index in [0.717, 1.165) is 50.1 Å². The van der Waals surface area contributed by atoms with Gasteiger partial charge in [-0.3, -0.25) is 0 Å². The van der Waals surface area contributed by atoms with Crippen LogP contribution in [0.25, 0.3) is 0 Å². The maximum atomic E-state index is 5.51. The third-order valence-electron chi connectivity index (χ3n) is 2.75. The van der Waals surface area contributed by atoms with Gasteiger partial charge >= 0.3 is 0 Å². The van der Waals surface area contributed by atoms with Crippen LogP contribution in [0.3, 0.4) is 0 Å². The molecule has 0 saturated heterocycles. The Hall–Kier alpha value is -0.830. The summed E-state index contributed by atoms with van der Waals surface area (Å²) in [6, 6.07) is 0. The highest BCUT2D eigenvalue weighted by molar-refractivity contribution is 14.0. The van der Waals surface area contributed by atoms with Crippen molar-refractivity contribution in [3.8, 4) is 0 Å². The number of aliphatic imine (C=N–C) groups is 1. The number of ether oxygens (including phenoxy) is 1. The number of guanidine groups is 1. The number of oxazole rings is 1. The van der Waals surface area contributed by atoms with Crippen molar-refractivity contribution in [3.63, 3.8) is 0 Å². The second kappa shape index (κ2) is 11.8. The van der Waals surface area contributed by atoms with E-state index in [-0.39, 0.29) is 24.0 Å². The van der Waals surface area contributed by atoms with Gasteiger partial charge in [-0.05, 0) is 34.1 Å². The van der Waals surface area contributed by atoms with Crippen LogP contribution in [0.5, 0.6) is 0 Å². The molecular weight excluding hydrogens is 383 g/mol.